The fraction of sp³-hybridized carbons (Fsp3) is 0.429. The van der Waals surface area contributed by atoms with Crippen LogP contribution >= 0.6 is 0 Å². The summed E-state index contributed by atoms with van der Waals surface area (Å²) in [6.45, 7) is 19.2. The first-order chi connectivity index (χ1) is 13.4. The van der Waals surface area contributed by atoms with E-state index < -0.39 is 8.07 Å². The third kappa shape index (κ3) is 3.38. The van der Waals surface area contributed by atoms with Gasteiger partial charge >= 0.3 is 0 Å². The van der Waals surface area contributed by atoms with Crippen molar-refractivity contribution < 1.29 is 0 Å². The highest BCUT2D eigenvalue weighted by molar-refractivity contribution is 6.96. The fourth-order valence-electron chi connectivity index (χ4n) is 5.15. The van der Waals surface area contributed by atoms with E-state index in [9.17, 15) is 0 Å². The maximum Gasteiger partial charge on any atom is 0.108 e. The zero-order chi connectivity index (χ0) is 21.2. The van der Waals surface area contributed by atoms with Crippen LogP contribution in [0.2, 0.25) is 13.1 Å². The normalized spacial score (nSPS) is 16.1. The lowest BCUT2D eigenvalue weighted by Gasteiger charge is -2.35. The van der Waals surface area contributed by atoms with Gasteiger partial charge in [-0.25, -0.2) is 0 Å². The quantitative estimate of drug-likeness (QED) is 0.399. The van der Waals surface area contributed by atoms with Crippen LogP contribution in [-0.4, -0.2) is 8.07 Å². The van der Waals surface area contributed by atoms with Crippen LogP contribution in [0.15, 0.2) is 53.8 Å². The van der Waals surface area contributed by atoms with Crippen molar-refractivity contribution in [3.05, 3.63) is 76.0 Å². The highest BCUT2D eigenvalue weighted by Gasteiger charge is 2.38. The molecule has 0 heterocycles. The molecule has 0 spiro atoms. The fourth-order valence-corrected chi connectivity index (χ4v) is 8.72. The Kier molecular flexibility index (Phi) is 4.62. The number of hydrogen-bond donors (Lipinski definition) is 0. The molecule has 2 aromatic rings. The minimum Gasteiger partial charge on any atom is -0.0809 e. The molecule has 2 aromatic carbocycles. The maximum atomic E-state index is 2.57. The highest BCUT2D eigenvalue weighted by atomic mass is 28.3. The van der Waals surface area contributed by atoms with Gasteiger partial charge in [-0.3, -0.25) is 0 Å². The molecule has 0 N–H and O–H groups in total. The first-order valence-corrected chi connectivity index (χ1v) is 14.1. The largest absolute Gasteiger partial charge is 0.108 e. The first kappa shape index (κ1) is 20.4. The summed E-state index contributed by atoms with van der Waals surface area (Å²) in [6.07, 6.45) is 9.21. The Hall–Kier alpha value is -1.86. The van der Waals surface area contributed by atoms with Crippen molar-refractivity contribution in [1.82, 2.24) is 0 Å². The summed E-state index contributed by atoms with van der Waals surface area (Å²) in [5, 5.41) is 3.37. The molecule has 2 aliphatic rings. The lowest BCUT2D eigenvalue weighted by Crippen LogP contribution is -2.49. The average molecular weight is 401 g/mol. The van der Waals surface area contributed by atoms with Gasteiger partial charge in [0.15, 0.2) is 0 Å². The minimum atomic E-state index is -1.75. The van der Waals surface area contributed by atoms with E-state index >= 15 is 0 Å². The molecule has 0 amide bonds. The van der Waals surface area contributed by atoms with E-state index in [2.05, 4.69) is 103 Å². The second-order valence-electron chi connectivity index (χ2n) is 11.5. The minimum absolute atomic E-state index is 0.159. The SMILES string of the molecule is CC(C)(C)c1ccc2c(c1)Cc1c-2ccc(C(C)(C)C)c1[Si](C)(C)C1=CC=CC1. The van der Waals surface area contributed by atoms with E-state index in [4.69, 9.17) is 0 Å². The monoisotopic (exact) mass is 400 g/mol. The van der Waals surface area contributed by atoms with Crippen molar-refractivity contribution >= 4 is 13.3 Å². The van der Waals surface area contributed by atoms with Gasteiger partial charge in [-0.15, -0.1) is 0 Å². The summed E-state index contributed by atoms with van der Waals surface area (Å²) in [4.78, 5) is 0. The molecule has 0 aromatic heterocycles. The van der Waals surface area contributed by atoms with Gasteiger partial charge < -0.3 is 0 Å². The Balaban J connectivity index is 1.93. The summed E-state index contributed by atoms with van der Waals surface area (Å²) >= 11 is 0. The third-order valence-electron chi connectivity index (χ3n) is 6.95. The Morgan fingerprint density at radius 2 is 1.52 bits per heavy atom. The van der Waals surface area contributed by atoms with Gasteiger partial charge in [0, 0.05) is 0 Å². The molecule has 0 fully saturated rings. The lowest BCUT2D eigenvalue weighted by atomic mass is 9.84. The second-order valence-corrected chi connectivity index (χ2v) is 15.9. The van der Waals surface area contributed by atoms with Gasteiger partial charge in [-0.2, -0.15) is 0 Å². The predicted octanol–water partition coefficient (Wildman–Crippen LogP) is 7.19. The molecular formula is C28H36Si. The number of rotatable bonds is 2. The number of allylic oxidation sites excluding steroid dienone is 4. The molecule has 4 rings (SSSR count). The molecule has 0 saturated heterocycles. The highest BCUT2D eigenvalue weighted by Crippen LogP contribution is 2.41. The third-order valence-corrected chi connectivity index (χ3v) is 10.7. The number of benzene rings is 2. The van der Waals surface area contributed by atoms with Crippen LogP contribution in [0.3, 0.4) is 0 Å². The van der Waals surface area contributed by atoms with Crippen LogP contribution in [-0.2, 0) is 17.3 Å². The summed E-state index contributed by atoms with van der Waals surface area (Å²) in [5.41, 5.74) is 9.43. The van der Waals surface area contributed by atoms with Gasteiger partial charge in [-0.1, -0.05) is 108 Å². The molecule has 0 bridgehead atoms. The Labute approximate surface area is 178 Å². The van der Waals surface area contributed by atoms with Gasteiger partial charge in [0.1, 0.15) is 8.07 Å². The molecule has 0 unspecified atom stereocenters. The van der Waals surface area contributed by atoms with E-state index in [1.165, 1.54) is 22.3 Å². The van der Waals surface area contributed by atoms with Crippen molar-refractivity contribution in [3.8, 4) is 11.1 Å². The molecule has 152 valence electrons. The molecule has 2 aliphatic carbocycles. The molecule has 0 nitrogen and oxygen atoms in total. The molecule has 0 saturated carbocycles. The Bertz CT molecular complexity index is 1030. The van der Waals surface area contributed by atoms with Crippen molar-refractivity contribution in [2.75, 3.05) is 0 Å². The van der Waals surface area contributed by atoms with Gasteiger partial charge in [0.25, 0.3) is 0 Å². The molecule has 0 aliphatic heterocycles. The molecule has 0 radical (unpaired) electrons. The van der Waals surface area contributed by atoms with Crippen LogP contribution < -0.4 is 5.19 Å². The Morgan fingerprint density at radius 3 is 2.10 bits per heavy atom. The predicted molar refractivity (Wildman–Crippen MR) is 131 cm³/mol. The van der Waals surface area contributed by atoms with Crippen LogP contribution in [0, 0.1) is 0 Å². The van der Waals surface area contributed by atoms with Crippen LogP contribution in [0.1, 0.15) is 70.2 Å². The van der Waals surface area contributed by atoms with E-state index in [0.29, 0.717) is 0 Å². The summed E-state index contributed by atoms with van der Waals surface area (Å²) in [6, 6.07) is 12.1. The second kappa shape index (κ2) is 6.57. The van der Waals surface area contributed by atoms with Gasteiger partial charge in [0.2, 0.25) is 0 Å². The van der Waals surface area contributed by atoms with E-state index in [1.807, 2.05) is 0 Å². The van der Waals surface area contributed by atoms with E-state index in [-0.39, 0.29) is 10.8 Å². The van der Waals surface area contributed by atoms with E-state index in [0.717, 1.165) is 12.8 Å². The lowest BCUT2D eigenvalue weighted by molar-refractivity contribution is 0.590. The molecule has 1 heteroatoms. The topological polar surface area (TPSA) is 0 Å². The standard InChI is InChI=1S/C28H36Si/c1-27(2,3)20-13-14-22-19(17-20)18-24-23(22)15-16-25(28(4,5)6)26(24)29(7,8)21-11-9-10-12-21/h9-11,13-17H,12,18H2,1-8H3. The van der Waals surface area contributed by atoms with Crippen molar-refractivity contribution in [2.24, 2.45) is 0 Å². The molecular weight excluding hydrogens is 364 g/mol. The molecule has 0 atom stereocenters. The smallest absolute Gasteiger partial charge is 0.0809 e. The van der Waals surface area contributed by atoms with E-state index in [1.54, 1.807) is 21.5 Å². The first-order valence-electron chi connectivity index (χ1n) is 11.1. The van der Waals surface area contributed by atoms with Crippen LogP contribution in [0.4, 0.5) is 0 Å². The van der Waals surface area contributed by atoms with Crippen LogP contribution in [0.25, 0.3) is 11.1 Å². The summed E-state index contributed by atoms with van der Waals surface area (Å²) < 4.78 is 0. The maximum absolute atomic E-state index is 2.57. The van der Waals surface area contributed by atoms with Crippen molar-refractivity contribution in [2.45, 2.75) is 78.3 Å². The Morgan fingerprint density at radius 1 is 0.828 bits per heavy atom. The van der Waals surface area contributed by atoms with Gasteiger partial charge in [-0.05, 0) is 62.2 Å². The summed E-state index contributed by atoms with van der Waals surface area (Å²) in [5.74, 6) is 0. The van der Waals surface area contributed by atoms with Crippen molar-refractivity contribution in [1.29, 1.82) is 0 Å². The average Bonchev–Trinajstić information content (AvgIpc) is 3.26. The van der Waals surface area contributed by atoms with Gasteiger partial charge in [0.05, 0.1) is 0 Å². The zero-order valence-corrected chi connectivity index (χ0v) is 20.5. The summed E-state index contributed by atoms with van der Waals surface area (Å²) in [7, 11) is -1.75. The van der Waals surface area contributed by atoms with Crippen molar-refractivity contribution in [3.63, 3.8) is 0 Å². The molecule has 29 heavy (non-hydrogen) atoms. The van der Waals surface area contributed by atoms with Crippen LogP contribution in [0.5, 0.6) is 0 Å². The zero-order valence-electron chi connectivity index (χ0n) is 19.5. The number of hydrogen-bond acceptors (Lipinski definition) is 0. The number of fused-ring (bicyclic) bond motifs is 3.